The molecule has 0 radical (unpaired) electrons. The minimum atomic E-state index is -0.296. The van der Waals surface area contributed by atoms with Crippen molar-refractivity contribution in [1.29, 1.82) is 0 Å². The van der Waals surface area contributed by atoms with Gasteiger partial charge in [-0.3, -0.25) is 0 Å². The van der Waals surface area contributed by atoms with E-state index in [-0.39, 0.29) is 5.54 Å². The highest BCUT2D eigenvalue weighted by molar-refractivity contribution is 6.35. The van der Waals surface area contributed by atoms with E-state index in [9.17, 15) is 0 Å². The number of para-hydroxylation sites is 1. The summed E-state index contributed by atoms with van der Waals surface area (Å²) in [5.74, 6) is 6.29. The smallest absolute Gasteiger partial charge is 0.246 e. The van der Waals surface area contributed by atoms with Gasteiger partial charge in [0, 0.05) is 5.39 Å². The predicted octanol–water partition coefficient (Wildman–Crippen LogP) is 1.68. The quantitative estimate of drug-likeness (QED) is 0.711. The number of hydrogen-bond acceptors (Lipinski definition) is 4. The first kappa shape index (κ1) is 12.7. The van der Waals surface area contributed by atoms with Crippen molar-refractivity contribution in [3.8, 4) is 0 Å². The summed E-state index contributed by atoms with van der Waals surface area (Å²) in [6, 6.07) is 5.40. The molecule has 4 N–H and O–H groups in total. The topological polar surface area (TPSA) is 82.2 Å². The largest absolute Gasteiger partial charge is 0.383 e. The van der Waals surface area contributed by atoms with Gasteiger partial charge in [-0.2, -0.15) is 0 Å². The first-order valence-corrected chi connectivity index (χ1v) is 5.95. The molecule has 1 heterocycles. The third-order valence-electron chi connectivity index (χ3n) is 2.38. The number of halogens is 1. The Morgan fingerprint density at radius 2 is 2.00 bits per heavy atom. The van der Waals surface area contributed by atoms with Crippen LogP contribution in [0.2, 0.25) is 5.02 Å². The molecule has 0 spiro atoms. The monoisotopic (exact) mass is 265 g/mol. The van der Waals surface area contributed by atoms with Gasteiger partial charge in [-0.25, -0.2) is 14.7 Å². The number of hydrogen-bond donors (Lipinski definition) is 2. The minimum absolute atomic E-state index is 0.296. The van der Waals surface area contributed by atoms with Gasteiger partial charge in [0.1, 0.15) is 5.82 Å². The summed E-state index contributed by atoms with van der Waals surface area (Å²) in [4.78, 5) is 8.81. The second kappa shape index (κ2) is 4.17. The Kier molecular flexibility index (Phi) is 2.94. The summed E-state index contributed by atoms with van der Waals surface area (Å²) in [6.07, 6.45) is 0. The molecule has 0 aliphatic rings. The highest BCUT2D eigenvalue weighted by atomic mass is 35.5. The van der Waals surface area contributed by atoms with Crippen molar-refractivity contribution >= 4 is 28.3 Å². The molecule has 0 aliphatic heterocycles. The highest BCUT2D eigenvalue weighted by Gasteiger charge is 2.11. The molecule has 0 saturated heterocycles. The van der Waals surface area contributed by atoms with Crippen LogP contribution in [-0.4, -0.2) is 15.2 Å². The zero-order valence-corrected chi connectivity index (χ0v) is 11.4. The Labute approximate surface area is 110 Å². The molecule has 0 fully saturated rings. The normalized spacial score (nSPS) is 13.2. The van der Waals surface area contributed by atoms with Crippen molar-refractivity contribution in [2.24, 2.45) is 4.99 Å². The minimum Gasteiger partial charge on any atom is -0.383 e. The van der Waals surface area contributed by atoms with Gasteiger partial charge in [-0.1, -0.05) is 17.7 Å². The first-order chi connectivity index (χ1) is 8.29. The molecule has 0 atom stereocenters. The van der Waals surface area contributed by atoms with Crippen LogP contribution < -0.4 is 17.2 Å². The molecule has 5 nitrogen and oxygen atoms in total. The highest BCUT2D eigenvalue weighted by Crippen LogP contribution is 2.23. The maximum atomic E-state index is 6.11. The molecule has 2 aromatic rings. The van der Waals surface area contributed by atoms with E-state index < -0.39 is 0 Å². The molecule has 2 rings (SSSR count). The fraction of sp³-hybridized carbons (Fsp3) is 0.333. The standard InChI is InChI=1S/C12H16ClN5/c1-12(2,3)17-11-16-9-7(10(14)18(11)15)5-4-6-8(9)13/h4-6H,14-15H2,1-3H3. The lowest BCUT2D eigenvalue weighted by molar-refractivity contribution is 0.548. The molecule has 1 aromatic carbocycles. The van der Waals surface area contributed by atoms with E-state index in [1.165, 1.54) is 4.68 Å². The first-order valence-electron chi connectivity index (χ1n) is 5.57. The van der Waals surface area contributed by atoms with Crippen molar-refractivity contribution in [3.05, 3.63) is 28.8 Å². The Hall–Kier alpha value is -1.75. The Bertz CT molecular complexity index is 666. The maximum Gasteiger partial charge on any atom is 0.246 e. The van der Waals surface area contributed by atoms with Gasteiger partial charge < -0.3 is 11.6 Å². The maximum absolute atomic E-state index is 6.11. The lowest BCUT2D eigenvalue weighted by atomic mass is 10.1. The molecule has 1 aromatic heterocycles. The number of rotatable bonds is 0. The van der Waals surface area contributed by atoms with Gasteiger partial charge in [0.05, 0.1) is 16.1 Å². The van der Waals surface area contributed by atoms with Crippen LogP contribution in [0, 0.1) is 0 Å². The van der Waals surface area contributed by atoms with E-state index in [4.69, 9.17) is 23.2 Å². The molecular formula is C12H16ClN5. The molecule has 0 saturated carbocycles. The predicted molar refractivity (Wildman–Crippen MR) is 74.6 cm³/mol. The van der Waals surface area contributed by atoms with Gasteiger partial charge in [0.2, 0.25) is 5.62 Å². The Balaban J connectivity index is 2.91. The van der Waals surface area contributed by atoms with Crippen molar-refractivity contribution in [2.75, 3.05) is 11.6 Å². The van der Waals surface area contributed by atoms with E-state index in [1.54, 1.807) is 6.07 Å². The van der Waals surface area contributed by atoms with Crippen molar-refractivity contribution in [3.63, 3.8) is 0 Å². The number of fused-ring (bicyclic) bond motifs is 1. The summed E-state index contributed by atoms with van der Waals surface area (Å²) in [7, 11) is 0. The van der Waals surface area contributed by atoms with E-state index in [0.29, 0.717) is 22.0 Å². The number of nitrogens with two attached hydrogens (primary N) is 2. The van der Waals surface area contributed by atoms with E-state index >= 15 is 0 Å². The average molecular weight is 266 g/mol. The number of aromatic nitrogens is 2. The van der Waals surface area contributed by atoms with Crippen LogP contribution in [0.3, 0.4) is 0 Å². The Morgan fingerprint density at radius 3 is 2.61 bits per heavy atom. The number of nitrogen functional groups attached to an aromatic ring is 2. The van der Waals surface area contributed by atoms with Crippen LogP contribution in [0.15, 0.2) is 23.2 Å². The van der Waals surface area contributed by atoms with Crippen LogP contribution in [0.1, 0.15) is 20.8 Å². The zero-order chi connectivity index (χ0) is 13.5. The summed E-state index contributed by atoms with van der Waals surface area (Å²) in [6.45, 7) is 5.88. The molecule has 6 heteroatoms. The molecule has 0 bridgehead atoms. The second-order valence-corrected chi connectivity index (χ2v) is 5.49. The fourth-order valence-corrected chi connectivity index (χ4v) is 1.82. The molecular weight excluding hydrogens is 250 g/mol. The molecule has 96 valence electrons. The zero-order valence-electron chi connectivity index (χ0n) is 10.6. The van der Waals surface area contributed by atoms with Gasteiger partial charge in [-0.15, -0.1) is 0 Å². The Morgan fingerprint density at radius 1 is 1.33 bits per heavy atom. The van der Waals surface area contributed by atoms with Crippen LogP contribution in [-0.2, 0) is 0 Å². The van der Waals surface area contributed by atoms with Gasteiger partial charge in [0.25, 0.3) is 0 Å². The van der Waals surface area contributed by atoms with Crippen molar-refractivity contribution in [2.45, 2.75) is 26.3 Å². The van der Waals surface area contributed by atoms with Crippen LogP contribution in [0.25, 0.3) is 10.9 Å². The number of nitrogens with zero attached hydrogens (tertiary/aromatic N) is 3. The van der Waals surface area contributed by atoms with E-state index in [1.807, 2.05) is 32.9 Å². The summed E-state index contributed by atoms with van der Waals surface area (Å²) in [5, 5.41) is 1.25. The molecule has 0 unspecified atom stereocenters. The third-order valence-corrected chi connectivity index (χ3v) is 2.69. The van der Waals surface area contributed by atoms with E-state index in [0.717, 1.165) is 5.39 Å². The van der Waals surface area contributed by atoms with Crippen LogP contribution in [0.5, 0.6) is 0 Å². The van der Waals surface area contributed by atoms with Gasteiger partial charge in [-0.05, 0) is 32.9 Å². The van der Waals surface area contributed by atoms with Gasteiger partial charge >= 0.3 is 0 Å². The lowest BCUT2D eigenvalue weighted by Crippen LogP contribution is -2.35. The third kappa shape index (κ3) is 2.26. The number of benzene rings is 1. The second-order valence-electron chi connectivity index (χ2n) is 5.09. The molecule has 0 amide bonds. The summed E-state index contributed by atoms with van der Waals surface area (Å²) in [5.41, 5.74) is 6.66. The number of anilines is 1. The van der Waals surface area contributed by atoms with Crippen LogP contribution >= 0.6 is 11.6 Å². The summed E-state index contributed by atoms with van der Waals surface area (Å²) < 4.78 is 1.28. The fourth-order valence-electron chi connectivity index (χ4n) is 1.61. The summed E-state index contributed by atoms with van der Waals surface area (Å²) >= 11 is 6.11. The molecule has 0 aliphatic carbocycles. The average Bonchev–Trinajstić information content (AvgIpc) is 2.25. The van der Waals surface area contributed by atoms with E-state index in [2.05, 4.69) is 9.98 Å². The van der Waals surface area contributed by atoms with Crippen molar-refractivity contribution in [1.82, 2.24) is 9.66 Å². The molecule has 18 heavy (non-hydrogen) atoms. The van der Waals surface area contributed by atoms with Crippen LogP contribution in [0.4, 0.5) is 5.82 Å². The van der Waals surface area contributed by atoms with Crippen molar-refractivity contribution < 1.29 is 0 Å². The van der Waals surface area contributed by atoms with Gasteiger partial charge in [0.15, 0.2) is 0 Å². The lowest BCUT2D eigenvalue weighted by Gasteiger charge is -2.14. The SMILES string of the molecule is CC(C)(C)N=c1nc2c(Cl)cccc2c(N)n1N.